The van der Waals surface area contributed by atoms with Crippen LogP contribution in [-0.2, 0) is 24.4 Å². The predicted octanol–water partition coefficient (Wildman–Crippen LogP) is -1.03. The monoisotopic (exact) mass is 319 g/mol. The summed E-state index contributed by atoms with van der Waals surface area (Å²) < 4.78 is 25.6. The average Bonchev–Trinajstić information content (AvgIpc) is 2.36. The van der Waals surface area contributed by atoms with E-state index < -0.39 is 39.8 Å². The van der Waals surface area contributed by atoms with Gasteiger partial charge in [-0.1, -0.05) is 13.8 Å². The van der Waals surface area contributed by atoms with Gasteiger partial charge in [0.25, 0.3) is 0 Å². The molecule has 3 amide bonds. The molecule has 2 N–H and O–H groups in total. The Morgan fingerprint density at radius 1 is 1.43 bits per heavy atom. The smallest absolute Gasteiger partial charge is 0.249 e. The largest absolute Gasteiger partial charge is 0.320 e. The van der Waals surface area contributed by atoms with Gasteiger partial charge < -0.3 is 4.90 Å². The highest BCUT2D eigenvalue weighted by Gasteiger charge is 2.37. The van der Waals surface area contributed by atoms with Crippen molar-refractivity contribution in [2.45, 2.75) is 45.7 Å². The third-order valence-electron chi connectivity index (χ3n) is 3.12. The van der Waals surface area contributed by atoms with Gasteiger partial charge in [0.05, 0.1) is 11.8 Å². The Morgan fingerprint density at radius 2 is 2.05 bits per heavy atom. The van der Waals surface area contributed by atoms with Crippen molar-refractivity contribution in [3.05, 3.63) is 0 Å². The molecule has 8 nitrogen and oxygen atoms in total. The third-order valence-corrected chi connectivity index (χ3v) is 4.78. The van der Waals surface area contributed by atoms with E-state index in [2.05, 4.69) is 10.0 Å². The molecule has 0 radical (unpaired) electrons. The summed E-state index contributed by atoms with van der Waals surface area (Å²) in [5, 5.41) is 2.16. The van der Waals surface area contributed by atoms with E-state index in [-0.39, 0.29) is 12.3 Å². The van der Waals surface area contributed by atoms with E-state index in [0.717, 1.165) is 4.90 Å². The number of rotatable bonds is 6. The lowest BCUT2D eigenvalue weighted by Crippen LogP contribution is -2.62. The first-order chi connectivity index (χ1) is 9.71. The van der Waals surface area contributed by atoms with Crippen LogP contribution in [0.25, 0.3) is 0 Å². The summed E-state index contributed by atoms with van der Waals surface area (Å²) in [7, 11) is -3.55. The van der Waals surface area contributed by atoms with E-state index in [4.69, 9.17) is 0 Å². The molecule has 21 heavy (non-hydrogen) atoms. The number of nitrogens with zero attached hydrogens (tertiary/aromatic N) is 1. The molecule has 1 heterocycles. The second kappa shape index (κ2) is 6.99. The molecule has 9 heteroatoms. The molecular weight excluding hydrogens is 298 g/mol. The number of carbonyl (C=O) groups excluding carboxylic acids is 3. The Labute approximate surface area is 124 Å². The van der Waals surface area contributed by atoms with Crippen molar-refractivity contribution < 1.29 is 22.8 Å². The normalized spacial score (nSPS) is 21.1. The van der Waals surface area contributed by atoms with Gasteiger partial charge >= 0.3 is 0 Å². The molecule has 1 rings (SSSR count). The van der Waals surface area contributed by atoms with Crippen LogP contribution in [0.2, 0.25) is 0 Å². The van der Waals surface area contributed by atoms with Crippen molar-refractivity contribution in [2.24, 2.45) is 0 Å². The van der Waals surface area contributed by atoms with Gasteiger partial charge in [-0.2, -0.15) is 0 Å². The maximum absolute atomic E-state index is 12.3. The summed E-state index contributed by atoms with van der Waals surface area (Å²) in [6.45, 7) is 4.58. The van der Waals surface area contributed by atoms with E-state index in [0.29, 0.717) is 12.8 Å². The summed E-state index contributed by atoms with van der Waals surface area (Å²) >= 11 is 0. The number of nitrogens with one attached hydrogen (secondary N) is 2. The molecule has 1 saturated heterocycles. The highest BCUT2D eigenvalue weighted by Crippen LogP contribution is 2.11. The Hall–Kier alpha value is -1.48. The Kier molecular flexibility index (Phi) is 5.85. The van der Waals surface area contributed by atoms with Gasteiger partial charge in [-0.15, -0.1) is 0 Å². The lowest BCUT2D eigenvalue weighted by Gasteiger charge is -2.35. The minimum atomic E-state index is -3.55. The van der Waals surface area contributed by atoms with Crippen LogP contribution >= 0.6 is 0 Å². The highest BCUT2D eigenvalue weighted by atomic mass is 32.2. The summed E-state index contributed by atoms with van der Waals surface area (Å²) in [4.78, 5) is 36.5. The first-order valence-corrected chi connectivity index (χ1v) is 8.51. The van der Waals surface area contributed by atoms with Gasteiger partial charge in [0.1, 0.15) is 12.6 Å². The molecule has 0 aromatic heterocycles. The number of amides is 3. The van der Waals surface area contributed by atoms with Gasteiger partial charge in [0.15, 0.2) is 0 Å². The van der Waals surface area contributed by atoms with E-state index >= 15 is 0 Å². The topological polar surface area (TPSA) is 113 Å². The van der Waals surface area contributed by atoms with Crippen LogP contribution < -0.4 is 10.0 Å². The van der Waals surface area contributed by atoms with Gasteiger partial charge in [-0.25, -0.2) is 13.1 Å². The fourth-order valence-corrected chi connectivity index (χ4v) is 3.49. The Bertz CT molecular complexity index is 531. The number of hydrogen-bond donors (Lipinski definition) is 2. The second-order valence-electron chi connectivity index (χ2n) is 4.96. The molecule has 0 aliphatic carbocycles. The molecule has 0 aromatic carbocycles. The summed E-state index contributed by atoms with van der Waals surface area (Å²) in [5.74, 6) is -1.77. The second-order valence-corrected chi connectivity index (χ2v) is 6.83. The van der Waals surface area contributed by atoms with Crippen LogP contribution in [0.4, 0.5) is 0 Å². The zero-order valence-corrected chi connectivity index (χ0v) is 13.2. The SMILES string of the molecule is CCCS(=O)(=O)NC(C)C(=O)N1CC(=O)NC(=O)C1CC. The molecule has 0 bridgehead atoms. The quantitative estimate of drug-likeness (QED) is 0.608. The lowest BCUT2D eigenvalue weighted by molar-refractivity contribution is -0.150. The maximum atomic E-state index is 12.3. The third kappa shape index (κ3) is 4.50. The average molecular weight is 319 g/mol. The zero-order chi connectivity index (χ0) is 16.2. The predicted molar refractivity (Wildman–Crippen MR) is 75.6 cm³/mol. The molecule has 1 aliphatic rings. The first-order valence-electron chi connectivity index (χ1n) is 6.86. The van der Waals surface area contributed by atoms with Crippen molar-refractivity contribution in [2.75, 3.05) is 12.3 Å². The van der Waals surface area contributed by atoms with Crippen LogP contribution in [0.15, 0.2) is 0 Å². The number of hydrogen-bond acceptors (Lipinski definition) is 5. The molecular formula is C12H21N3O5S. The minimum Gasteiger partial charge on any atom is -0.320 e. The van der Waals surface area contributed by atoms with Crippen molar-refractivity contribution in [1.82, 2.24) is 14.9 Å². The van der Waals surface area contributed by atoms with Gasteiger partial charge in [-0.05, 0) is 19.8 Å². The number of carbonyl (C=O) groups is 3. The van der Waals surface area contributed by atoms with Gasteiger partial charge in [0, 0.05) is 0 Å². The summed E-state index contributed by atoms with van der Waals surface area (Å²) in [6, 6.07) is -1.78. The van der Waals surface area contributed by atoms with E-state index in [9.17, 15) is 22.8 Å². The van der Waals surface area contributed by atoms with Crippen molar-refractivity contribution in [1.29, 1.82) is 0 Å². The molecule has 1 fully saturated rings. The molecule has 2 atom stereocenters. The number of imide groups is 1. The fraction of sp³-hybridized carbons (Fsp3) is 0.750. The molecule has 0 aromatic rings. The summed E-state index contributed by atoms with van der Waals surface area (Å²) in [5.41, 5.74) is 0. The Morgan fingerprint density at radius 3 is 2.57 bits per heavy atom. The zero-order valence-electron chi connectivity index (χ0n) is 12.4. The van der Waals surface area contributed by atoms with E-state index in [1.165, 1.54) is 6.92 Å². The molecule has 1 aliphatic heterocycles. The van der Waals surface area contributed by atoms with Crippen molar-refractivity contribution >= 4 is 27.7 Å². The molecule has 0 spiro atoms. The van der Waals surface area contributed by atoms with Crippen LogP contribution in [-0.4, -0.2) is 55.4 Å². The summed E-state index contributed by atoms with van der Waals surface area (Å²) in [6.07, 6.45) is 0.776. The van der Waals surface area contributed by atoms with Crippen molar-refractivity contribution in [3.63, 3.8) is 0 Å². The van der Waals surface area contributed by atoms with E-state index in [1.807, 2.05) is 0 Å². The van der Waals surface area contributed by atoms with Crippen LogP contribution in [0, 0.1) is 0 Å². The van der Waals surface area contributed by atoms with Crippen molar-refractivity contribution in [3.8, 4) is 0 Å². The molecule has 120 valence electrons. The van der Waals surface area contributed by atoms with Gasteiger partial charge in [-0.3, -0.25) is 19.7 Å². The van der Waals surface area contributed by atoms with Crippen LogP contribution in [0.5, 0.6) is 0 Å². The lowest BCUT2D eigenvalue weighted by atomic mass is 10.1. The first kappa shape index (κ1) is 17.6. The maximum Gasteiger partial charge on any atom is 0.249 e. The fourth-order valence-electron chi connectivity index (χ4n) is 2.20. The number of piperazine rings is 1. The van der Waals surface area contributed by atoms with Gasteiger partial charge in [0.2, 0.25) is 27.7 Å². The Balaban J connectivity index is 2.84. The van der Waals surface area contributed by atoms with Crippen LogP contribution in [0.3, 0.4) is 0 Å². The van der Waals surface area contributed by atoms with E-state index in [1.54, 1.807) is 13.8 Å². The standard InChI is InChI=1S/C12H21N3O5S/c1-4-6-21(19,20)14-8(3)12(18)15-7-10(16)13-11(17)9(15)5-2/h8-9,14H,4-7H2,1-3H3,(H,13,16,17). The minimum absolute atomic E-state index is 0.0821. The molecule has 2 unspecified atom stereocenters. The number of sulfonamides is 1. The highest BCUT2D eigenvalue weighted by molar-refractivity contribution is 7.89. The molecule has 0 saturated carbocycles. The van der Waals surface area contributed by atoms with Crippen LogP contribution in [0.1, 0.15) is 33.6 Å².